The molecule has 0 radical (unpaired) electrons. The van der Waals surface area contributed by atoms with Crippen molar-refractivity contribution >= 4 is 50.8 Å². The number of benzene rings is 9. The molecule has 6 unspecified atom stereocenters. The van der Waals surface area contributed by atoms with Gasteiger partial charge in [0.2, 0.25) is 0 Å². The number of allylic oxidation sites excluding steroid dienone is 6. The van der Waals surface area contributed by atoms with E-state index in [1.54, 1.807) is 0 Å². The van der Waals surface area contributed by atoms with Gasteiger partial charge in [-0.05, 0) is 66.8 Å². The summed E-state index contributed by atoms with van der Waals surface area (Å²) in [6.45, 7) is 6.16. The van der Waals surface area contributed by atoms with Gasteiger partial charge in [-0.1, -0.05) is 365 Å². The summed E-state index contributed by atoms with van der Waals surface area (Å²) in [6.07, 6.45) is 10.0. The van der Waals surface area contributed by atoms with Crippen molar-refractivity contribution in [1.29, 1.82) is 0 Å². The summed E-state index contributed by atoms with van der Waals surface area (Å²) in [6, 6.07) is 91.2. The van der Waals surface area contributed by atoms with Crippen molar-refractivity contribution in [3.8, 4) is 0 Å². The fourth-order valence-corrected chi connectivity index (χ4v) is 11.1. The number of rotatable bonds is 9. The molecule has 0 amide bonds. The minimum atomic E-state index is -0.861. The maximum atomic E-state index is 13.6. The third-order valence-corrected chi connectivity index (χ3v) is 15.6. The maximum Gasteiger partial charge on any atom is 3.00 e. The van der Waals surface area contributed by atoms with Crippen molar-refractivity contribution < 1.29 is 15.3 Å². The zero-order valence-corrected chi connectivity index (χ0v) is 46.1. The van der Waals surface area contributed by atoms with E-state index in [0.29, 0.717) is 0 Å². The Hall–Kier alpha value is -8.17. The molecule has 3 aliphatic carbocycles. The zero-order valence-electron chi connectivity index (χ0n) is 45.0. The molecule has 9 aromatic carbocycles. The Morgan fingerprint density at radius 1 is 0.241 bits per heavy atom. The van der Waals surface area contributed by atoms with E-state index in [9.17, 15) is 15.3 Å². The molecule has 9 aromatic rings. The van der Waals surface area contributed by atoms with E-state index in [4.69, 9.17) is 0 Å². The Morgan fingerprint density at radius 3 is 0.595 bits per heavy atom. The normalized spacial score (nSPS) is 22.2. The number of hydrogen-bond acceptors (Lipinski definition) is 3. The van der Waals surface area contributed by atoms with Crippen LogP contribution >= 0.6 is 0 Å². The zero-order chi connectivity index (χ0) is 54.0. The first-order valence-electron chi connectivity index (χ1n) is 26.8. The first-order chi connectivity index (χ1) is 38.0. The predicted octanol–water partition coefficient (Wildman–Crippen LogP) is 14.2. The monoisotopic (exact) mass is 1040 g/mol. The molecule has 0 aromatic heterocycles. The summed E-state index contributed by atoms with van der Waals surface area (Å²) in [5.74, 6) is 0. The summed E-state index contributed by atoms with van der Waals surface area (Å²) < 4.78 is 0. The Bertz CT molecular complexity index is 3210. The molecular weight excluding hydrogens is 976 g/mol. The molecule has 0 saturated heterocycles. The van der Waals surface area contributed by atoms with Gasteiger partial charge < -0.3 is 15.3 Å². The van der Waals surface area contributed by atoms with Gasteiger partial charge in [0.25, 0.3) is 0 Å². The number of hydrogen-bond donors (Lipinski definition) is 0. The van der Waals surface area contributed by atoms with Crippen molar-refractivity contribution in [3.05, 3.63) is 360 Å². The fourth-order valence-electron chi connectivity index (χ4n) is 11.1. The molecule has 12 rings (SSSR count). The largest absolute Gasteiger partial charge is 3.00 e. The van der Waals surface area contributed by atoms with E-state index in [2.05, 4.69) is 130 Å². The summed E-state index contributed by atoms with van der Waals surface area (Å²) in [7, 11) is 0. The van der Waals surface area contributed by atoms with E-state index in [0.717, 1.165) is 83.5 Å². The second-order valence-electron chi connectivity index (χ2n) is 20.9. The summed E-state index contributed by atoms with van der Waals surface area (Å²) >= 11 is 0. The Kier molecular flexibility index (Phi) is 17.7. The second kappa shape index (κ2) is 25.1. The standard InChI is InChI=1S/3C25H21O.Al/c3*1-25(22-15-9-4-10-16-22)18-21(19-11-5-2-6-12-19)17-23(24(25)26)20-13-7-3-8-14-20;/h3*2-18,24H,1H3;/q3*-1;+3. The van der Waals surface area contributed by atoms with Crippen LogP contribution in [0.25, 0.3) is 33.4 Å². The first-order valence-corrected chi connectivity index (χ1v) is 26.8. The third kappa shape index (κ3) is 12.1. The van der Waals surface area contributed by atoms with E-state index in [1.807, 2.05) is 200 Å². The van der Waals surface area contributed by atoms with Gasteiger partial charge in [0.05, 0.1) is 0 Å². The van der Waals surface area contributed by atoms with Crippen LogP contribution in [0.4, 0.5) is 0 Å². The fraction of sp³-hybridized carbons (Fsp3) is 0.120. The average molecular weight is 1040 g/mol. The van der Waals surface area contributed by atoms with Gasteiger partial charge in [0.15, 0.2) is 0 Å². The van der Waals surface area contributed by atoms with Crippen LogP contribution in [-0.4, -0.2) is 35.7 Å². The van der Waals surface area contributed by atoms with Gasteiger partial charge in [-0.25, -0.2) is 0 Å². The molecule has 384 valence electrons. The van der Waals surface area contributed by atoms with E-state index in [-0.39, 0.29) is 17.4 Å². The molecule has 0 fully saturated rings. The molecular formula is C75H63AlO3. The quantitative estimate of drug-likeness (QED) is 0.135. The maximum absolute atomic E-state index is 13.6. The Labute approximate surface area is 478 Å². The van der Waals surface area contributed by atoms with Crippen LogP contribution < -0.4 is 15.3 Å². The first kappa shape index (κ1) is 55.6. The third-order valence-electron chi connectivity index (χ3n) is 15.6. The Morgan fingerprint density at radius 2 is 0.405 bits per heavy atom. The average Bonchev–Trinajstić information content (AvgIpc) is 3.64. The Balaban J connectivity index is 0.000000143. The van der Waals surface area contributed by atoms with E-state index < -0.39 is 34.6 Å². The van der Waals surface area contributed by atoms with Crippen LogP contribution in [0.15, 0.2) is 309 Å². The molecule has 0 bridgehead atoms. The van der Waals surface area contributed by atoms with Gasteiger partial charge in [-0.2, -0.15) is 0 Å². The SMILES string of the molecule is CC1(c2ccccc2)C=C(c2ccccc2)C=C(c2ccccc2)C1[O-].CC1(c2ccccc2)C=C(c2ccccc2)C=C(c2ccccc2)C1[O-].CC1(c2ccccc2)C=C(c2ccccc2)C=C(c2ccccc2)C1[O-].[Al+3]. The molecule has 6 atom stereocenters. The van der Waals surface area contributed by atoms with Gasteiger partial charge >= 0.3 is 17.4 Å². The van der Waals surface area contributed by atoms with Crippen LogP contribution in [0.5, 0.6) is 0 Å². The topological polar surface area (TPSA) is 69.2 Å². The summed E-state index contributed by atoms with van der Waals surface area (Å²) in [5, 5.41) is 40.8. The van der Waals surface area contributed by atoms with E-state index in [1.165, 1.54) is 0 Å². The van der Waals surface area contributed by atoms with Crippen molar-refractivity contribution in [1.82, 2.24) is 0 Å². The van der Waals surface area contributed by atoms with Gasteiger partial charge in [0, 0.05) is 16.2 Å². The molecule has 3 aliphatic rings. The van der Waals surface area contributed by atoms with Gasteiger partial charge in [-0.15, -0.1) is 0 Å². The molecule has 0 aliphatic heterocycles. The smallest absolute Gasteiger partial charge is 0.848 e. The van der Waals surface area contributed by atoms with Crippen LogP contribution in [0.2, 0.25) is 0 Å². The van der Waals surface area contributed by atoms with Crippen molar-refractivity contribution in [2.24, 2.45) is 0 Å². The summed E-state index contributed by atoms with van der Waals surface area (Å²) in [5.41, 5.74) is 13.6. The molecule has 0 heterocycles. The molecule has 4 heteroatoms. The molecule has 3 nitrogen and oxygen atoms in total. The van der Waals surface area contributed by atoms with Crippen LogP contribution in [-0.2, 0) is 16.2 Å². The second-order valence-corrected chi connectivity index (χ2v) is 20.9. The minimum absolute atomic E-state index is 0. The molecule has 0 spiro atoms. The van der Waals surface area contributed by atoms with Gasteiger partial charge in [0.1, 0.15) is 0 Å². The van der Waals surface area contributed by atoms with Crippen LogP contribution in [0.3, 0.4) is 0 Å². The van der Waals surface area contributed by atoms with Crippen LogP contribution in [0.1, 0.15) is 70.8 Å². The van der Waals surface area contributed by atoms with Crippen molar-refractivity contribution in [2.45, 2.75) is 55.3 Å². The van der Waals surface area contributed by atoms with Crippen molar-refractivity contribution in [2.75, 3.05) is 0 Å². The van der Waals surface area contributed by atoms with Crippen molar-refractivity contribution in [3.63, 3.8) is 0 Å². The molecule has 0 N–H and O–H groups in total. The van der Waals surface area contributed by atoms with E-state index >= 15 is 0 Å². The molecule has 79 heavy (non-hydrogen) atoms. The van der Waals surface area contributed by atoms with Gasteiger partial charge in [-0.3, -0.25) is 0 Å². The predicted molar refractivity (Wildman–Crippen MR) is 325 cm³/mol. The molecule has 0 saturated carbocycles. The van der Waals surface area contributed by atoms with Crippen LogP contribution in [0, 0.1) is 0 Å². The summed E-state index contributed by atoms with van der Waals surface area (Å²) in [4.78, 5) is 0. The minimum Gasteiger partial charge on any atom is -0.848 e.